The lowest BCUT2D eigenvalue weighted by molar-refractivity contribution is -0.124. The Bertz CT molecular complexity index is 322. The number of carbonyl (C=O) groups excluding carboxylic acids is 1. The van der Waals surface area contributed by atoms with Crippen LogP contribution >= 0.6 is 0 Å². The van der Waals surface area contributed by atoms with Gasteiger partial charge in [0.15, 0.2) is 5.82 Å². The lowest BCUT2D eigenvalue weighted by Gasteiger charge is -2.08. The summed E-state index contributed by atoms with van der Waals surface area (Å²) in [7, 11) is 1.81. The molecule has 3 N–H and O–H groups in total. The van der Waals surface area contributed by atoms with Gasteiger partial charge >= 0.3 is 0 Å². The standard InChI is InChI=1S/C9H17N5O/c1-7(5-10)9(15)11-4-3-8-12-6-14(2)13-8/h6-7H,3-5,10H2,1-2H3,(H,11,15). The zero-order chi connectivity index (χ0) is 11.3. The maximum Gasteiger partial charge on any atom is 0.224 e. The predicted molar refractivity (Wildman–Crippen MR) is 55.9 cm³/mol. The third-order valence-corrected chi connectivity index (χ3v) is 2.10. The Labute approximate surface area is 88.9 Å². The van der Waals surface area contributed by atoms with E-state index in [1.54, 1.807) is 17.9 Å². The SMILES string of the molecule is CC(CN)C(=O)NCCc1ncn(C)n1. The summed E-state index contributed by atoms with van der Waals surface area (Å²) in [6.45, 7) is 2.72. The number of nitrogens with two attached hydrogens (primary N) is 1. The highest BCUT2D eigenvalue weighted by molar-refractivity contribution is 5.78. The monoisotopic (exact) mass is 211 g/mol. The molecule has 1 unspecified atom stereocenters. The molecule has 1 heterocycles. The van der Waals surface area contributed by atoms with Crippen LogP contribution in [0.1, 0.15) is 12.7 Å². The van der Waals surface area contributed by atoms with Gasteiger partial charge in [-0.25, -0.2) is 4.98 Å². The van der Waals surface area contributed by atoms with Crippen LogP contribution in [-0.2, 0) is 18.3 Å². The van der Waals surface area contributed by atoms with Gasteiger partial charge in [-0.3, -0.25) is 9.48 Å². The fourth-order valence-electron chi connectivity index (χ4n) is 1.08. The molecule has 1 aromatic heterocycles. The van der Waals surface area contributed by atoms with Gasteiger partial charge in [-0.05, 0) is 0 Å². The van der Waals surface area contributed by atoms with E-state index in [0.29, 0.717) is 19.5 Å². The molecule has 0 radical (unpaired) electrons. The molecule has 1 atom stereocenters. The van der Waals surface area contributed by atoms with E-state index < -0.39 is 0 Å². The fraction of sp³-hybridized carbons (Fsp3) is 0.667. The summed E-state index contributed by atoms with van der Waals surface area (Å²) >= 11 is 0. The Morgan fingerprint density at radius 3 is 3.00 bits per heavy atom. The molecule has 0 aliphatic heterocycles. The van der Waals surface area contributed by atoms with E-state index in [1.165, 1.54) is 0 Å². The maximum atomic E-state index is 11.3. The summed E-state index contributed by atoms with van der Waals surface area (Å²) in [4.78, 5) is 15.4. The topological polar surface area (TPSA) is 85.8 Å². The Hall–Kier alpha value is -1.43. The van der Waals surface area contributed by atoms with Crippen LogP contribution in [0.4, 0.5) is 0 Å². The minimum absolute atomic E-state index is 0.0200. The fourth-order valence-corrected chi connectivity index (χ4v) is 1.08. The minimum Gasteiger partial charge on any atom is -0.355 e. The molecular weight excluding hydrogens is 194 g/mol. The van der Waals surface area contributed by atoms with Crippen molar-refractivity contribution in [1.29, 1.82) is 0 Å². The lowest BCUT2D eigenvalue weighted by atomic mass is 10.2. The van der Waals surface area contributed by atoms with E-state index in [4.69, 9.17) is 5.73 Å². The molecule has 0 aliphatic rings. The molecule has 1 amide bonds. The molecule has 0 aromatic carbocycles. The van der Waals surface area contributed by atoms with Gasteiger partial charge in [-0.1, -0.05) is 6.92 Å². The molecular formula is C9H17N5O. The summed E-state index contributed by atoms with van der Waals surface area (Å²) in [5.41, 5.74) is 5.37. The van der Waals surface area contributed by atoms with Crippen LogP contribution in [0.5, 0.6) is 0 Å². The number of carbonyl (C=O) groups is 1. The average Bonchev–Trinajstić information content (AvgIpc) is 2.63. The Morgan fingerprint density at radius 1 is 1.73 bits per heavy atom. The summed E-state index contributed by atoms with van der Waals surface area (Å²) in [6.07, 6.45) is 2.28. The van der Waals surface area contributed by atoms with Crippen molar-refractivity contribution in [3.8, 4) is 0 Å². The van der Waals surface area contributed by atoms with Crippen LogP contribution in [0.2, 0.25) is 0 Å². The molecule has 84 valence electrons. The van der Waals surface area contributed by atoms with Crippen molar-refractivity contribution in [3.05, 3.63) is 12.2 Å². The summed E-state index contributed by atoms with van der Waals surface area (Å²) in [6, 6.07) is 0. The first-order valence-corrected chi connectivity index (χ1v) is 4.95. The third kappa shape index (κ3) is 3.67. The van der Waals surface area contributed by atoms with E-state index in [0.717, 1.165) is 5.82 Å². The summed E-state index contributed by atoms with van der Waals surface area (Å²) in [5.74, 6) is 0.577. The average molecular weight is 211 g/mol. The molecule has 6 heteroatoms. The largest absolute Gasteiger partial charge is 0.355 e. The smallest absolute Gasteiger partial charge is 0.224 e. The third-order valence-electron chi connectivity index (χ3n) is 2.10. The first-order valence-electron chi connectivity index (χ1n) is 4.95. The number of nitrogens with zero attached hydrogens (tertiary/aromatic N) is 3. The van der Waals surface area contributed by atoms with Crippen molar-refractivity contribution in [1.82, 2.24) is 20.1 Å². The van der Waals surface area contributed by atoms with Crippen LogP contribution in [0, 0.1) is 5.92 Å². The van der Waals surface area contributed by atoms with Gasteiger partial charge in [0.1, 0.15) is 6.33 Å². The molecule has 0 saturated carbocycles. The zero-order valence-corrected chi connectivity index (χ0v) is 9.10. The summed E-state index contributed by atoms with van der Waals surface area (Å²) < 4.78 is 1.64. The van der Waals surface area contributed by atoms with Gasteiger partial charge in [-0.2, -0.15) is 5.10 Å². The molecule has 0 fully saturated rings. The lowest BCUT2D eigenvalue weighted by Crippen LogP contribution is -2.34. The number of amides is 1. The van der Waals surface area contributed by atoms with Crippen molar-refractivity contribution >= 4 is 5.91 Å². The zero-order valence-electron chi connectivity index (χ0n) is 9.10. The maximum absolute atomic E-state index is 11.3. The highest BCUT2D eigenvalue weighted by atomic mass is 16.1. The number of aromatic nitrogens is 3. The van der Waals surface area contributed by atoms with Crippen LogP contribution in [0.25, 0.3) is 0 Å². The molecule has 1 aromatic rings. The molecule has 6 nitrogen and oxygen atoms in total. The number of rotatable bonds is 5. The van der Waals surface area contributed by atoms with Crippen molar-refractivity contribution in [2.45, 2.75) is 13.3 Å². The van der Waals surface area contributed by atoms with Gasteiger partial charge in [0.05, 0.1) is 0 Å². The first kappa shape index (κ1) is 11.6. The molecule has 0 bridgehead atoms. The number of hydrogen-bond donors (Lipinski definition) is 2. The summed E-state index contributed by atoms with van der Waals surface area (Å²) in [5, 5.41) is 6.88. The normalized spacial score (nSPS) is 12.5. The molecule has 0 aliphatic carbocycles. The number of aryl methyl sites for hydroxylation is 1. The van der Waals surface area contributed by atoms with E-state index in [-0.39, 0.29) is 11.8 Å². The second-order valence-corrected chi connectivity index (χ2v) is 3.51. The van der Waals surface area contributed by atoms with Crippen molar-refractivity contribution in [2.24, 2.45) is 18.7 Å². The van der Waals surface area contributed by atoms with Gasteiger partial charge in [-0.15, -0.1) is 0 Å². The predicted octanol–water partition coefficient (Wildman–Crippen LogP) is -0.931. The van der Waals surface area contributed by atoms with Gasteiger partial charge in [0.2, 0.25) is 5.91 Å². The Morgan fingerprint density at radius 2 is 2.47 bits per heavy atom. The van der Waals surface area contributed by atoms with Crippen LogP contribution in [0.15, 0.2) is 6.33 Å². The number of nitrogens with one attached hydrogen (secondary N) is 1. The first-order chi connectivity index (χ1) is 7.13. The second kappa shape index (κ2) is 5.45. The van der Waals surface area contributed by atoms with Crippen LogP contribution in [0.3, 0.4) is 0 Å². The van der Waals surface area contributed by atoms with E-state index in [2.05, 4.69) is 15.4 Å². The van der Waals surface area contributed by atoms with Crippen LogP contribution in [-0.4, -0.2) is 33.8 Å². The van der Waals surface area contributed by atoms with Crippen molar-refractivity contribution < 1.29 is 4.79 Å². The molecule has 0 saturated heterocycles. The second-order valence-electron chi connectivity index (χ2n) is 3.51. The van der Waals surface area contributed by atoms with Gasteiger partial charge < -0.3 is 11.1 Å². The molecule has 1 rings (SSSR count). The Kier molecular flexibility index (Phi) is 4.23. The minimum atomic E-state index is -0.137. The van der Waals surface area contributed by atoms with Crippen molar-refractivity contribution in [3.63, 3.8) is 0 Å². The van der Waals surface area contributed by atoms with Gasteiger partial charge in [0.25, 0.3) is 0 Å². The number of hydrogen-bond acceptors (Lipinski definition) is 4. The Balaban J connectivity index is 2.24. The highest BCUT2D eigenvalue weighted by Gasteiger charge is 2.09. The van der Waals surface area contributed by atoms with E-state index >= 15 is 0 Å². The molecule has 0 spiro atoms. The van der Waals surface area contributed by atoms with E-state index in [1.807, 2.05) is 7.05 Å². The molecule has 15 heavy (non-hydrogen) atoms. The van der Waals surface area contributed by atoms with Crippen molar-refractivity contribution in [2.75, 3.05) is 13.1 Å². The van der Waals surface area contributed by atoms with Crippen LogP contribution < -0.4 is 11.1 Å². The quantitative estimate of drug-likeness (QED) is 0.658. The van der Waals surface area contributed by atoms with E-state index in [9.17, 15) is 4.79 Å². The van der Waals surface area contributed by atoms with Gasteiger partial charge in [0, 0.05) is 32.5 Å². The highest BCUT2D eigenvalue weighted by Crippen LogP contribution is 1.92.